The van der Waals surface area contributed by atoms with Crippen molar-refractivity contribution in [2.24, 2.45) is 0 Å². The van der Waals surface area contributed by atoms with Crippen molar-refractivity contribution in [3.63, 3.8) is 0 Å². The monoisotopic (exact) mass is 409 g/mol. The Morgan fingerprint density at radius 3 is 2.59 bits per heavy atom. The van der Waals surface area contributed by atoms with Gasteiger partial charge in [-0.1, -0.05) is 6.07 Å². The molecule has 0 unspecified atom stereocenters. The average molecular weight is 409 g/mol. The van der Waals surface area contributed by atoms with Crippen molar-refractivity contribution < 1.29 is 8.42 Å². The van der Waals surface area contributed by atoms with E-state index in [1.165, 1.54) is 10.5 Å². The van der Waals surface area contributed by atoms with Crippen LogP contribution in [-0.4, -0.2) is 64.1 Å². The molecule has 1 saturated heterocycles. The van der Waals surface area contributed by atoms with E-state index >= 15 is 0 Å². The molecule has 0 bridgehead atoms. The van der Waals surface area contributed by atoms with Gasteiger partial charge in [0.25, 0.3) is 0 Å². The molecule has 0 spiro atoms. The van der Waals surface area contributed by atoms with E-state index in [9.17, 15) is 8.42 Å². The molecular weight excluding hydrogens is 390 g/mol. The number of hydrogen-bond donors (Lipinski definition) is 2. The van der Waals surface area contributed by atoms with Crippen molar-refractivity contribution >= 4 is 26.9 Å². The Morgan fingerprint density at radius 1 is 0.966 bits per heavy atom. The Hall–Kier alpha value is -3.24. The summed E-state index contributed by atoms with van der Waals surface area (Å²) >= 11 is 0. The number of fused-ring (bicyclic) bond motifs is 1. The summed E-state index contributed by atoms with van der Waals surface area (Å²) in [6, 6.07) is 11.1. The van der Waals surface area contributed by atoms with Gasteiger partial charge in [0.15, 0.2) is 5.65 Å². The van der Waals surface area contributed by atoms with Gasteiger partial charge in [0, 0.05) is 50.2 Å². The molecule has 0 aliphatic carbocycles. The molecule has 0 atom stereocenters. The van der Waals surface area contributed by atoms with E-state index in [2.05, 4.69) is 30.0 Å². The summed E-state index contributed by atoms with van der Waals surface area (Å²) in [7, 11) is -3.59. The topological polar surface area (TPSA) is 111 Å². The predicted octanol–water partition coefficient (Wildman–Crippen LogP) is 1.86. The SMILES string of the molecule is O=S(=O)(c1c[nH]c(-c2[nH]nc3ncccc23)c1)N1CCN(c2ccccn2)CC1. The summed E-state index contributed by atoms with van der Waals surface area (Å²) in [5, 5.41) is 7.93. The molecule has 0 radical (unpaired) electrons. The maximum atomic E-state index is 13.1. The third-order valence-electron chi connectivity index (χ3n) is 5.11. The first-order chi connectivity index (χ1) is 14.1. The summed E-state index contributed by atoms with van der Waals surface area (Å²) in [6.07, 6.45) is 4.94. The van der Waals surface area contributed by atoms with Crippen LogP contribution in [-0.2, 0) is 10.0 Å². The second kappa shape index (κ2) is 6.98. The number of hydrogen-bond acceptors (Lipinski definition) is 6. The standard InChI is InChI=1S/C19H19N7O2S/c27-29(28,26-10-8-25(9-11-26)17-5-1-2-6-20-17)14-12-16(22-13-14)18-15-4-3-7-21-19(15)24-23-18/h1-7,12-13,22H,8-11H2,(H,21,23,24). The van der Waals surface area contributed by atoms with Crippen LogP contribution < -0.4 is 4.90 Å². The molecule has 148 valence electrons. The smallest absolute Gasteiger partial charge is 0.244 e. The van der Waals surface area contributed by atoms with E-state index in [0.29, 0.717) is 37.5 Å². The van der Waals surface area contributed by atoms with Gasteiger partial charge in [-0.05, 0) is 30.3 Å². The molecule has 4 aromatic rings. The maximum Gasteiger partial charge on any atom is 0.244 e. The van der Waals surface area contributed by atoms with Crippen LogP contribution in [0.1, 0.15) is 0 Å². The van der Waals surface area contributed by atoms with Crippen LogP contribution in [0.4, 0.5) is 5.82 Å². The zero-order valence-corrected chi connectivity index (χ0v) is 16.3. The lowest BCUT2D eigenvalue weighted by atomic mass is 10.2. The summed E-state index contributed by atoms with van der Waals surface area (Å²) in [5.41, 5.74) is 1.97. The lowest BCUT2D eigenvalue weighted by Gasteiger charge is -2.34. The lowest BCUT2D eigenvalue weighted by Crippen LogP contribution is -2.48. The van der Waals surface area contributed by atoms with Gasteiger partial charge in [-0.3, -0.25) is 5.10 Å². The number of rotatable bonds is 4. The Bertz CT molecular complexity index is 1240. The number of sulfonamides is 1. The molecule has 1 fully saturated rings. The average Bonchev–Trinajstić information content (AvgIpc) is 3.42. The van der Waals surface area contributed by atoms with Crippen LogP contribution in [0, 0.1) is 0 Å². The van der Waals surface area contributed by atoms with Crippen LogP contribution in [0.2, 0.25) is 0 Å². The molecule has 29 heavy (non-hydrogen) atoms. The summed E-state index contributed by atoms with van der Waals surface area (Å²) in [4.78, 5) is 13.9. The highest BCUT2D eigenvalue weighted by atomic mass is 32.2. The number of anilines is 1. The van der Waals surface area contributed by atoms with Crippen molar-refractivity contribution in [2.45, 2.75) is 4.90 Å². The summed E-state index contributed by atoms with van der Waals surface area (Å²) in [6.45, 7) is 2.03. The second-order valence-electron chi connectivity index (χ2n) is 6.80. The third kappa shape index (κ3) is 3.15. The fraction of sp³-hybridized carbons (Fsp3) is 0.211. The van der Waals surface area contributed by atoms with E-state index in [0.717, 1.165) is 16.9 Å². The minimum Gasteiger partial charge on any atom is -0.359 e. The molecule has 9 nitrogen and oxygen atoms in total. The first kappa shape index (κ1) is 17.8. The van der Waals surface area contributed by atoms with Gasteiger partial charge in [-0.25, -0.2) is 18.4 Å². The maximum absolute atomic E-state index is 13.1. The first-order valence-electron chi connectivity index (χ1n) is 9.27. The molecule has 0 amide bonds. The number of nitrogens with one attached hydrogen (secondary N) is 2. The fourth-order valence-electron chi connectivity index (χ4n) is 3.57. The van der Waals surface area contributed by atoms with Crippen molar-refractivity contribution in [3.8, 4) is 11.4 Å². The molecule has 2 N–H and O–H groups in total. The second-order valence-corrected chi connectivity index (χ2v) is 8.74. The number of aromatic amines is 2. The zero-order valence-electron chi connectivity index (χ0n) is 15.5. The van der Waals surface area contributed by atoms with E-state index < -0.39 is 10.0 Å². The molecule has 4 aromatic heterocycles. The van der Waals surface area contributed by atoms with Crippen molar-refractivity contribution in [1.82, 2.24) is 29.5 Å². The number of aromatic nitrogens is 5. The molecule has 1 aliphatic heterocycles. The van der Waals surface area contributed by atoms with Gasteiger partial charge in [0.2, 0.25) is 10.0 Å². The Kier molecular flexibility index (Phi) is 4.29. The number of pyridine rings is 2. The van der Waals surface area contributed by atoms with Gasteiger partial charge in [-0.2, -0.15) is 9.40 Å². The highest BCUT2D eigenvalue weighted by Crippen LogP contribution is 2.27. The van der Waals surface area contributed by atoms with Crippen LogP contribution >= 0.6 is 0 Å². The highest BCUT2D eigenvalue weighted by Gasteiger charge is 2.30. The molecule has 0 saturated carbocycles. The molecule has 5 heterocycles. The van der Waals surface area contributed by atoms with Crippen molar-refractivity contribution in [1.29, 1.82) is 0 Å². The van der Waals surface area contributed by atoms with Crippen LogP contribution in [0.5, 0.6) is 0 Å². The van der Waals surface area contributed by atoms with Crippen LogP contribution in [0.25, 0.3) is 22.4 Å². The molecule has 10 heteroatoms. The van der Waals surface area contributed by atoms with Gasteiger partial charge in [-0.15, -0.1) is 0 Å². The molecule has 0 aromatic carbocycles. The highest BCUT2D eigenvalue weighted by molar-refractivity contribution is 7.89. The third-order valence-corrected chi connectivity index (χ3v) is 6.98. The number of H-pyrrole nitrogens is 2. The quantitative estimate of drug-likeness (QED) is 0.532. The van der Waals surface area contributed by atoms with E-state index in [-0.39, 0.29) is 4.90 Å². The minimum absolute atomic E-state index is 0.241. The lowest BCUT2D eigenvalue weighted by molar-refractivity contribution is 0.384. The van der Waals surface area contributed by atoms with E-state index in [1.807, 2.05) is 30.3 Å². The van der Waals surface area contributed by atoms with Gasteiger partial charge in [0.05, 0.1) is 11.4 Å². The summed E-state index contributed by atoms with van der Waals surface area (Å²) < 4.78 is 27.7. The molecular formula is C19H19N7O2S. The number of piperazine rings is 1. The van der Waals surface area contributed by atoms with Crippen molar-refractivity contribution in [2.75, 3.05) is 31.1 Å². The van der Waals surface area contributed by atoms with Gasteiger partial charge < -0.3 is 9.88 Å². The van der Waals surface area contributed by atoms with Crippen LogP contribution in [0.15, 0.2) is 59.9 Å². The minimum atomic E-state index is -3.59. The Labute approximate surface area is 167 Å². The normalized spacial score (nSPS) is 15.8. The van der Waals surface area contributed by atoms with Gasteiger partial charge in [0.1, 0.15) is 10.7 Å². The van der Waals surface area contributed by atoms with E-state index in [1.54, 1.807) is 18.5 Å². The van der Waals surface area contributed by atoms with Crippen molar-refractivity contribution in [3.05, 3.63) is 55.0 Å². The zero-order chi connectivity index (χ0) is 19.8. The van der Waals surface area contributed by atoms with Crippen LogP contribution in [0.3, 0.4) is 0 Å². The summed E-state index contributed by atoms with van der Waals surface area (Å²) in [5.74, 6) is 0.869. The Balaban J connectivity index is 1.36. The Morgan fingerprint density at radius 2 is 1.79 bits per heavy atom. The molecule has 1 aliphatic rings. The van der Waals surface area contributed by atoms with E-state index in [4.69, 9.17) is 0 Å². The first-order valence-corrected chi connectivity index (χ1v) is 10.7. The number of nitrogens with zero attached hydrogens (tertiary/aromatic N) is 5. The van der Waals surface area contributed by atoms with Gasteiger partial charge >= 0.3 is 0 Å². The molecule has 5 rings (SSSR count). The largest absolute Gasteiger partial charge is 0.359 e. The predicted molar refractivity (Wildman–Crippen MR) is 109 cm³/mol. The fourth-order valence-corrected chi connectivity index (χ4v) is 4.99.